The number of epoxide rings is 1. The van der Waals surface area contributed by atoms with Crippen molar-refractivity contribution in [3.05, 3.63) is 71.8 Å². The van der Waals surface area contributed by atoms with Crippen molar-refractivity contribution in [3.63, 3.8) is 0 Å². The van der Waals surface area contributed by atoms with Gasteiger partial charge < -0.3 is 9.47 Å². The Hall–Kier alpha value is -2.79. The van der Waals surface area contributed by atoms with Crippen LogP contribution in [-0.4, -0.2) is 35.8 Å². The van der Waals surface area contributed by atoms with Crippen LogP contribution in [0.5, 0.6) is 0 Å². The van der Waals surface area contributed by atoms with Crippen LogP contribution >= 0.6 is 0 Å². The van der Waals surface area contributed by atoms with E-state index in [9.17, 15) is 14.4 Å². The molecule has 0 radical (unpaired) electrons. The van der Waals surface area contributed by atoms with E-state index >= 15 is 0 Å². The zero-order valence-corrected chi connectivity index (χ0v) is 13.1. The highest BCUT2D eigenvalue weighted by molar-refractivity contribution is 6.24. The normalized spacial score (nSPS) is 21.8. The molecule has 0 aromatic heterocycles. The summed E-state index contributed by atoms with van der Waals surface area (Å²) in [6.07, 6.45) is -1.16. The number of rotatable bonds is 6. The lowest BCUT2D eigenvalue weighted by atomic mass is 9.90. The molecule has 122 valence electrons. The molecule has 0 N–H and O–H groups in total. The van der Waals surface area contributed by atoms with Crippen LogP contribution in [0.3, 0.4) is 0 Å². The average Bonchev–Trinajstić information content (AvgIpc) is 3.39. The Bertz CT molecular complexity index is 769. The third-order valence-electron chi connectivity index (χ3n) is 3.86. The molecule has 24 heavy (non-hydrogen) atoms. The van der Waals surface area contributed by atoms with Gasteiger partial charge in [0.1, 0.15) is 0 Å². The highest BCUT2D eigenvalue weighted by atomic mass is 16.7. The van der Waals surface area contributed by atoms with Crippen molar-refractivity contribution in [2.24, 2.45) is 0 Å². The zero-order valence-electron chi connectivity index (χ0n) is 13.1. The van der Waals surface area contributed by atoms with Gasteiger partial charge in [0.05, 0.1) is 6.61 Å². The SMILES string of the molecule is CCOC(=O)[C@@]1(C(=O)c2ccccc2)O[C@H]1C(=O)c1ccccc1. The molecule has 0 saturated carbocycles. The van der Waals surface area contributed by atoms with Crippen LogP contribution in [0.2, 0.25) is 0 Å². The molecule has 0 aliphatic carbocycles. The molecule has 0 spiro atoms. The van der Waals surface area contributed by atoms with E-state index < -0.39 is 29.2 Å². The van der Waals surface area contributed by atoms with Crippen molar-refractivity contribution < 1.29 is 23.9 Å². The fourth-order valence-corrected chi connectivity index (χ4v) is 2.61. The largest absolute Gasteiger partial charge is 0.463 e. The summed E-state index contributed by atoms with van der Waals surface area (Å²) in [7, 11) is 0. The van der Waals surface area contributed by atoms with E-state index in [1.165, 1.54) is 0 Å². The average molecular weight is 324 g/mol. The van der Waals surface area contributed by atoms with Gasteiger partial charge in [-0.25, -0.2) is 4.79 Å². The molecule has 3 rings (SSSR count). The van der Waals surface area contributed by atoms with Crippen LogP contribution in [0.25, 0.3) is 0 Å². The number of ether oxygens (including phenoxy) is 2. The molecule has 1 aliphatic rings. The molecule has 0 unspecified atom stereocenters. The van der Waals surface area contributed by atoms with Crippen molar-refractivity contribution >= 4 is 17.5 Å². The first-order valence-corrected chi connectivity index (χ1v) is 7.65. The molecule has 5 heteroatoms. The number of esters is 1. The summed E-state index contributed by atoms with van der Waals surface area (Å²) in [4.78, 5) is 37.8. The van der Waals surface area contributed by atoms with Gasteiger partial charge >= 0.3 is 5.97 Å². The van der Waals surface area contributed by atoms with Gasteiger partial charge in [-0.1, -0.05) is 60.7 Å². The molecule has 1 fully saturated rings. The Morgan fingerprint density at radius 2 is 1.50 bits per heavy atom. The topological polar surface area (TPSA) is 73.0 Å². The van der Waals surface area contributed by atoms with E-state index in [1.807, 2.05) is 0 Å². The highest BCUT2D eigenvalue weighted by Gasteiger charge is 2.72. The van der Waals surface area contributed by atoms with Gasteiger partial charge in [0.25, 0.3) is 5.60 Å². The maximum atomic E-state index is 12.8. The summed E-state index contributed by atoms with van der Waals surface area (Å²) < 4.78 is 10.4. The number of carbonyl (C=O) groups excluding carboxylic acids is 3. The minimum absolute atomic E-state index is 0.0955. The smallest absolute Gasteiger partial charge is 0.350 e. The summed E-state index contributed by atoms with van der Waals surface area (Å²) >= 11 is 0. The number of benzene rings is 2. The van der Waals surface area contributed by atoms with Crippen LogP contribution in [0.4, 0.5) is 0 Å². The van der Waals surface area contributed by atoms with E-state index in [0.717, 1.165) is 0 Å². The Kier molecular flexibility index (Phi) is 4.27. The lowest BCUT2D eigenvalue weighted by Crippen LogP contribution is -2.40. The highest BCUT2D eigenvalue weighted by Crippen LogP contribution is 2.42. The van der Waals surface area contributed by atoms with Gasteiger partial charge in [0, 0.05) is 11.1 Å². The van der Waals surface area contributed by atoms with Crippen LogP contribution in [-0.2, 0) is 14.3 Å². The fraction of sp³-hybridized carbons (Fsp3) is 0.211. The van der Waals surface area contributed by atoms with Gasteiger partial charge in [0.15, 0.2) is 11.9 Å². The molecule has 5 nitrogen and oxygen atoms in total. The maximum absolute atomic E-state index is 12.8. The van der Waals surface area contributed by atoms with Crippen LogP contribution in [0.15, 0.2) is 60.7 Å². The number of ketones is 2. The zero-order chi connectivity index (χ0) is 17.2. The molecule has 0 amide bonds. The summed E-state index contributed by atoms with van der Waals surface area (Å²) in [5, 5.41) is 0. The third kappa shape index (κ3) is 2.63. The second-order valence-corrected chi connectivity index (χ2v) is 5.38. The molecule has 1 aliphatic heterocycles. The minimum atomic E-state index is -1.88. The third-order valence-corrected chi connectivity index (χ3v) is 3.86. The van der Waals surface area contributed by atoms with Crippen LogP contribution < -0.4 is 0 Å². The molecule has 2 atom stereocenters. The van der Waals surface area contributed by atoms with E-state index in [4.69, 9.17) is 9.47 Å². The van der Waals surface area contributed by atoms with E-state index in [0.29, 0.717) is 11.1 Å². The maximum Gasteiger partial charge on any atom is 0.350 e. The lowest BCUT2D eigenvalue weighted by Gasteiger charge is -2.11. The summed E-state index contributed by atoms with van der Waals surface area (Å²) in [6.45, 7) is 1.73. The quantitative estimate of drug-likeness (QED) is 0.353. The van der Waals surface area contributed by atoms with Gasteiger partial charge in [-0.3, -0.25) is 9.59 Å². The second-order valence-electron chi connectivity index (χ2n) is 5.38. The Balaban J connectivity index is 1.94. The van der Waals surface area contributed by atoms with Crippen LogP contribution in [0.1, 0.15) is 27.6 Å². The number of Topliss-reactive ketones (excluding diaryl/α,β-unsaturated/α-hetero) is 2. The van der Waals surface area contributed by atoms with E-state index in [2.05, 4.69) is 0 Å². The number of hydrogen-bond acceptors (Lipinski definition) is 5. The molecule has 0 bridgehead atoms. The van der Waals surface area contributed by atoms with Crippen molar-refractivity contribution in [2.75, 3.05) is 6.61 Å². The summed E-state index contributed by atoms with van der Waals surface area (Å²) in [6, 6.07) is 16.7. The lowest BCUT2D eigenvalue weighted by molar-refractivity contribution is -0.147. The Labute approximate surface area is 139 Å². The number of hydrogen-bond donors (Lipinski definition) is 0. The molecule has 1 heterocycles. The molecule has 2 aromatic carbocycles. The van der Waals surface area contributed by atoms with Gasteiger partial charge in [-0.15, -0.1) is 0 Å². The molecule has 1 saturated heterocycles. The van der Waals surface area contributed by atoms with E-state index in [-0.39, 0.29) is 6.61 Å². The van der Waals surface area contributed by atoms with Crippen molar-refractivity contribution in [1.82, 2.24) is 0 Å². The van der Waals surface area contributed by atoms with Gasteiger partial charge in [-0.2, -0.15) is 0 Å². The molecular weight excluding hydrogens is 308 g/mol. The second kappa shape index (κ2) is 6.37. The van der Waals surface area contributed by atoms with Crippen LogP contribution in [0, 0.1) is 0 Å². The molecular formula is C19H16O5. The molecule has 2 aromatic rings. The Morgan fingerprint density at radius 1 is 0.958 bits per heavy atom. The van der Waals surface area contributed by atoms with E-state index in [1.54, 1.807) is 67.6 Å². The number of carbonyl (C=O) groups is 3. The first-order chi connectivity index (χ1) is 11.6. The van der Waals surface area contributed by atoms with Crippen molar-refractivity contribution in [1.29, 1.82) is 0 Å². The first kappa shape index (κ1) is 16.1. The van der Waals surface area contributed by atoms with Crippen molar-refractivity contribution in [3.8, 4) is 0 Å². The first-order valence-electron chi connectivity index (χ1n) is 7.65. The fourth-order valence-electron chi connectivity index (χ4n) is 2.61. The monoisotopic (exact) mass is 324 g/mol. The Morgan fingerprint density at radius 3 is 2.04 bits per heavy atom. The minimum Gasteiger partial charge on any atom is -0.463 e. The van der Waals surface area contributed by atoms with Crippen molar-refractivity contribution in [2.45, 2.75) is 18.6 Å². The predicted molar refractivity (Wildman–Crippen MR) is 85.8 cm³/mol. The van der Waals surface area contributed by atoms with Gasteiger partial charge in [-0.05, 0) is 6.92 Å². The van der Waals surface area contributed by atoms with Gasteiger partial charge in [0.2, 0.25) is 5.78 Å². The predicted octanol–water partition coefficient (Wildman–Crippen LogP) is 2.45. The summed E-state index contributed by atoms with van der Waals surface area (Å²) in [5.41, 5.74) is -1.20. The standard InChI is InChI=1S/C19H16O5/c1-2-23-18(22)19(16(21)14-11-7-4-8-12-14)17(24-19)15(20)13-9-5-3-6-10-13/h3-12,17H,2H2,1H3/t17-,19-/m0/s1. The summed E-state index contributed by atoms with van der Waals surface area (Å²) in [5.74, 6) is -1.79.